The van der Waals surface area contributed by atoms with Crippen LogP contribution in [-0.2, 0) is 4.74 Å². The Morgan fingerprint density at radius 1 is 1.21 bits per heavy atom. The molecular formula is C15H19FO2S. The Balaban J connectivity index is 1.63. The summed E-state index contributed by atoms with van der Waals surface area (Å²) in [5.74, 6) is 2.90. The van der Waals surface area contributed by atoms with Crippen molar-refractivity contribution in [2.75, 3.05) is 18.1 Å². The summed E-state index contributed by atoms with van der Waals surface area (Å²) in [6, 6.07) is 6.30. The van der Waals surface area contributed by atoms with E-state index in [9.17, 15) is 4.39 Å². The highest BCUT2D eigenvalue weighted by Gasteiger charge is 2.39. The van der Waals surface area contributed by atoms with Gasteiger partial charge < -0.3 is 9.47 Å². The molecule has 3 rings (SSSR count). The van der Waals surface area contributed by atoms with Crippen molar-refractivity contribution in [3.8, 4) is 5.75 Å². The zero-order chi connectivity index (χ0) is 13.1. The predicted molar refractivity (Wildman–Crippen MR) is 75.3 cm³/mol. The average Bonchev–Trinajstić information content (AvgIpc) is 2.42. The normalized spacial score (nSPS) is 26.3. The molecule has 2 nitrogen and oxygen atoms in total. The van der Waals surface area contributed by atoms with Gasteiger partial charge in [0, 0.05) is 12.8 Å². The van der Waals surface area contributed by atoms with E-state index in [1.807, 2.05) is 11.8 Å². The molecule has 0 saturated carbocycles. The van der Waals surface area contributed by atoms with E-state index in [4.69, 9.17) is 9.47 Å². The highest BCUT2D eigenvalue weighted by atomic mass is 32.2. The Morgan fingerprint density at radius 3 is 2.68 bits per heavy atom. The minimum absolute atomic E-state index is 0.0359. The number of rotatable bonds is 2. The van der Waals surface area contributed by atoms with Gasteiger partial charge in [-0.2, -0.15) is 11.8 Å². The molecular weight excluding hydrogens is 263 g/mol. The summed E-state index contributed by atoms with van der Waals surface area (Å²) in [4.78, 5) is 0. The first kappa shape index (κ1) is 13.3. The molecule has 1 unspecified atom stereocenters. The van der Waals surface area contributed by atoms with Crippen LogP contribution in [0.5, 0.6) is 5.75 Å². The van der Waals surface area contributed by atoms with Crippen LogP contribution in [-0.4, -0.2) is 29.8 Å². The standard InChI is InChI=1S/C15H19FO2S/c16-12-1-3-13(4-2-12)18-14-5-8-17-15(11-14)6-9-19-10-7-15/h1-4,14H,5-11H2. The predicted octanol–water partition coefficient (Wildman–Crippen LogP) is 3.65. The van der Waals surface area contributed by atoms with E-state index in [1.54, 1.807) is 12.1 Å². The Morgan fingerprint density at radius 2 is 1.95 bits per heavy atom. The van der Waals surface area contributed by atoms with Gasteiger partial charge in [0.1, 0.15) is 17.7 Å². The van der Waals surface area contributed by atoms with Gasteiger partial charge in [0.15, 0.2) is 0 Å². The Bertz CT molecular complexity index is 409. The zero-order valence-electron chi connectivity index (χ0n) is 10.9. The van der Waals surface area contributed by atoms with Gasteiger partial charge in [-0.25, -0.2) is 4.39 Å². The van der Waals surface area contributed by atoms with Crippen LogP contribution in [0.3, 0.4) is 0 Å². The molecule has 19 heavy (non-hydrogen) atoms. The molecule has 0 amide bonds. The van der Waals surface area contributed by atoms with Crippen LogP contribution in [0.2, 0.25) is 0 Å². The van der Waals surface area contributed by atoms with Gasteiger partial charge in [-0.1, -0.05) is 0 Å². The molecule has 0 bridgehead atoms. The van der Waals surface area contributed by atoms with E-state index in [-0.39, 0.29) is 17.5 Å². The third-order valence-corrected chi connectivity index (χ3v) is 4.95. The van der Waals surface area contributed by atoms with E-state index in [0.717, 1.165) is 38.0 Å². The van der Waals surface area contributed by atoms with Gasteiger partial charge in [-0.3, -0.25) is 0 Å². The number of ether oxygens (including phenoxy) is 2. The van der Waals surface area contributed by atoms with Crippen molar-refractivity contribution >= 4 is 11.8 Å². The van der Waals surface area contributed by atoms with Crippen molar-refractivity contribution in [2.45, 2.75) is 37.4 Å². The summed E-state index contributed by atoms with van der Waals surface area (Å²) in [6.07, 6.45) is 4.33. The molecule has 1 aromatic rings. The Kier molecular flexibility index (Phi) is 3.99. The summed E-state index contributed by atoms with van der Waals surface area (Å²) in [7, 11) is 0. The lowest BCUT2D eigenvalue weighted by atomic mass is 9.86. The number of thioether (sulfide) groups is 1. The quantitative estimate of drug-likeness (QED) is 0.825. The highest BCUT2D eigenvalue weighted by Crippen LogP contribution is 2.38. The first-order valence-electron chi connectivity index (χ1n) is 6.90. The van der Waals surface area contributed by atoms with Crippen LogP contribution < -0.4 is 4.74 Å². The smallest absolute Gasteiger partial charge is 0.123 e. The SMILES string of the molecule is Fc1ccc(OC2CCOC3(CCSCC3)C2)cc1. The maximum atomic E-state index is 12.9. The molecule has 4 heteroatoms. The van der Waals surface area contributed by atoms with E-state index in [0.29, 0.717) is 0 Å². The van der Waals surface area contributed by atoms with E-state index >= 15 is 0 Å². The monoisotopic (exact) mass is 282 g/mol. The van der Waals surface area contributed by atoms with E-state index < -0.39 is 0 Å². The lowest BCUT2D eigenvalue weighted by Gasteiger charge is -2.43. The lowest BCUT2D eigenvalue weighted by molar-refractivity contribution is -0.116. The summed E-state index contributed by atoms with van der Waals surface area (Å²) < 4.78 is 24.9. The highest BCUT2D eigenvalue weighted by molar-refractivity contribution is 7.99. The van der Waals surface area contributed by atoms with Crippen molar-refractivity contribution in [3.63, 3.8) is 0 Å². The molecule has 0 radical (unpaired) electrons. The third kappa shape index (κ3) is 3.23. The molecule has 2 heterocycles. The number of hydrogen-bond acceptors (Lipinski definition) is 3. The summed E-state index contributed by atoms with van der Waals surface area (Å²) >= 11 is 2.01. The molecule has 0 aromatic heterocycles. The number of benzene rings is 1. The second-order valence-corrected chi connectivity index (χ2v) is 6.56. The molecule has 0 N–H and O–H groups in total. The van der Waals surface area contributed by atoms with Crippen LogP contribution in [0.4, 0.5) is 4.39 Å². The van der Waals surface area contributed by atoms with Gasteiger partial charge in [0.05, 0.1) is 12.2 Å². The van der Waals surface area contributed by atoms with Crippen molar-refractivity contribution in [3.05, 3.63) is 30.1 Å². The first-order chi connectivity index (χ1) is 9.26. The molecule has 1 aromatic carbocycles. The molecule has 2 aliphatic rings. The molecule has 1 spiro atoms. The minimum Gasteiger partial charge on any atom is -0.490 e. The van der Waals surface area contributed by atoms with E-state index in [1.165, 1.54) is 23.6 Å². The second-order valence-electron chi connectivity index (χ2n) is 5.33. The fourth-order valence-electron chi connectivity index (χ4n) is 2.88. The summed E-state index contributed by atoms with van der Waals surface area (Å²) in [5, 5.41) is 0. The van der Waals surface area contributed by atoms with Crippen LogP contribution in [0.1, 0.15) is 25.7 Å². The molecule has 104 valence electrons. The minimum atomic E-state index is -0.222. The van der Waals surface area contributed by atoms with Crippen molar-refractivity contribution in [1.82, 2.24) is 0 Å². The number of hydrogen-bond donors (Lipinski definition) is 0. The lowest BCUT2D eigenvalue weighted by Crippen LogP contribution is -2.46. The van der Waals surface area contributed by atoms with Gasteiger partial charge >= 0.3 is 0 Å². The van der Waals surface area contributed by atoms with Gasteiger partial charge in [0.2, 0.25) is 0 Å². The fourth-order valence-corrected chi connectivity index (χ4v) is 4.12. The molecule has 2 saturated heterocycles. The fraction of sp³-hybridized carbons (Fsp3) is 0.600. The summed E-state index contributed by atoms with van der Waals surface area (Å²) in [6.45, 7) is 0.774. The van der Waals surface area contributed by atoms with Gasteiger partial charge in [-0.05, 0) is 48.6 Å². The van der Waals surface area contributed by atoms with Gasteiger partial charge in [-0.15, -0.1) is 0 Å². The first-order valence-corrected chi connectivity index (χ1v) is 8.05. The maximum absolute atomic E-state index is 12.9. The maximum Gasteiger partial charge on any atom is 0.123 e. The van der Waals surface area contributed by atoms with Crippen molar-refractivity contribution in [2.24, 2.45) is 0 Å². The largest absolute Gasteiger partial charge is 0.490 e. The number of halogens is 1. The zero-order valence-corrected chi connectivity index (χ0v) is 11.8. The molecule has 1 atom stereocenters. The summed E-state index contributed by atoms with van der Waals surface area (Å²) in [5.41, 5.74) is 0.0359. The Hall–Kier alpha value is -0.740. The van der Waals surface area contributed by atoms with Crippen molar-refractivity contribution < 1.29 is 13.9 Å². The topological polar surface area (TPSA) is 18.5 Å². The molecule has 2 aliphatic heterocycles. The molecule has 2 fully saturated rings. The molecule has 0 aliphatic carbocycles. The van der Waals surface area contributed by atoms with E-state index in [2.05, 4.69) is 0 Å². The van der Waals surface area contributed by atoms with Crippen LogP contribution in [0.15, 0.2) is 24.3 Å². The van der Waals surface area contributed by atoms with Gasteiger partial charge in [0.25, 0.3) is 0 Å². The average molecular weight is 282 g/mol. The third-order valence-electron chi connectivity index (χ3n) is 3.97. The Labute approximate surface area is 117 Å². The second kappa shape index (κ2) is 5.71. The van der Waals surface area contributed by atoms with Crippen LogP contribution in [0.25, 0.3) is 0 Å². The van der Waals surface area contributed by atoms with Crippen LogP contribution in [0, 0.1) is 5.82 Å². The van der Waals surface area contributed by atoms with Crippen LogP contribution >= 0.6 is 11.8 Å². The van der Waals surface area contributed by atoms with Crippen molar-refractivity contribution in [1.29, 1.82) is 0 Å².